The van der Waals surface area contributed by atoms with Crippen LogP contribution in [-0.4, -0.2) is 0 Å². The highest BCUT2D eigenvalue weighted by molar-refractivity contribution is 6.42. The van der Waals surface area contributed by atoms with E-state index in [4.69, 9.17) is 33.7 Å². The lowest BCUT2D eigenvalue weighted by molar-refractivity contribution is 0.479. The minimum absolute atomic E-state index is 0.239. The number of benzene rings is 2. The Morgan fingerprint density at radius 1 is 1.00 bits per heavy atom. The first-order chi connectivity index (χ1) is 8.06. The number of hydrogen-bond acceptors (Lipinski definition) is 2. The fourth-order valence-corrected chi connectivity index (χ4v) is 1.55. The molecule has 2 rings (SSSR count). The van der Waals surface area contributed by atoms with Gasteiger partial charge in [0.1, 0.15) is 11.6 Å². The average Bonchev–Trinajstić information content (AvgIpc) is 2.29. The number of rotatable bonds is 2. The molecule has 0 aliphatic carbocycles. The predicted octanol–water partition coefficient (Wildman–Crippen LogP) is 4.51. The monoisotopic (exact) mass is 271 g/mol. The van der Waals surface area contributed by atoms with Gasteiger partial charge in [-0.15, -0.1) is 0 Å². The van der Waals surface area contributed by atoms with Crippen LogP contribution in [0.4, 0.5) is 10.1 Å². The molecule has 0 heterocycles. The second-order valence-electron chi connectivity index (χ2n) is 3.36. The lowest BCUT2D eigenvalue weighted by Crippen LogP contribution is -1.92. The van der Waals surface area contributed by atoms with E-state index in [9.17, 15) is 4.39 Å². The van der Waals surface area contributed by atoms with Gasteiger partial charge >= 0.3 is 0 Å². The summed E-state index contributed by atoms with van der Waals surface area (Å²) in [6.45, 7) is 0. The maximum atomic E-state index is 13.0. The minimum atomic E-state index is -0.422. The van der Waals surface area contributed by atoms with Crippen molar-refractivity contribution in [3.05, 3.63) is 52.3 Å². The third kappa shape index (κ3) is 2.81. The summed E-state index contributed by atoms with van der Waals surface area (Å²) in [4.78, 5) is 0. The van der Waals surface area contributed by atoms with Crippen LogP contribution in [0.2, 0.25) is 10.0 Å². The highest BCUT2D eigenvalue weighted by Gasteiger charge is 2.05. The van der Waals surface area contributed by atoms with Gasteiger partial charge in [-0.2, -0.15) is 0 Å². The Balaban J connectivity index is 2.31. The Morgan fingerprint density at radius 3 is 2.47 bits per heavy atom. The van der Waals surface area contributed by atoms with Gasteiger partial charge < -0.3 is 10.5 Å². The first-order valence-corrected chi connectivity index (χ1v) is 5.50. The van der Waals surface area contributed by atoms with Gasteiger partial charge in [0.05, 0.1) is 15.7 Å². The van der Waals surface area contributed by atoms with Crippen LogP contribution in [0.1, 0.15) is 0 Å². The van der Waals surface area contributed by atoms with E-state index in [1.54, 1.807) is 12.1 Å². The number of ether oxygens (including phenoxy) is 1. The van der Waals surface area contributed by atoms with E-state index >= 15 is 0 Å². The molecular weight excluding hydrogens is 264 g/mol. The van der Waals surface area contributed by atoms with Crippen LogP contribution in [0.5, 0.6) is 11.5 Å². The Morgan fingerprint density at radius 2 is 1.76 bits per heavy atom. The van der Waals surface area contributed by atoms with Gasteiger partial charge in [0.2, 0.25) is 0 Å². The first kappa shape index (κ1) is 12.0. The number of halogens is 3. The van der Waals surface area contributed by atoms with E-state index in [-0.39, 0.29) is 5.75 Å². The number of nitrogen functional groups attached to an aromatic ring is 1. The summed E-state index contributed by atoms with van der Waals surface area (Å²) in [5.41, 5.74) is 6.00. The smallest absolute Gasteiger partial charge is 0.153 e. The van der Waals surface area contributed by atoms with E-state index in [0.29, 0.717) is 21.5 Å². The van der Waals surface area contributed by atoms with Crippen molar-refractivity contribution in [3.8, 4) is 11.5 Å². The molecule has 17 heavy (non-hydrogen) atoms. The zero-order valence-corrected chi connectivity index (χ0v) is 10.1. The molecule has 2 aromatic rings. The van der Waals surface area contributed by atoms with Crippen LogP contribution in [0.15, 0.2) is 36.4 Å². The molecule has 2 N–H and O–H groups in total. The summed E-state index contributed by atoms with van der Waals surface area (Å²) < 4.78 is 18.4. The van der Waals surface area contributed by atoms with Crippen molar-refractivity contribution in [3.63, 3.8) is 0 Å². The maximum absolute atomic E-state index is 13.0. The van der Waals surface area contributed by atoms with Crippen molar-refractivity contribution in [2.45, 2.75) is 0 Å². The molecule has 2 nitrogen and oxygen atoms in total. The number of hydrogen-bond donors (Lipinski definition) is 1. The highest BCUT2D eigenvalue weighted by atomic mass is 35.5. The van der Waals surface area contributed by atoms with Crippen LogP contribution < -0.4 is 10.5 Å². The van der Waals surface area contributed by atoms with Gasteiger partial charge in [0.25, 0.3) is 0 Å². The molecule has 0 amide bonds. The molecule has 0 aliphatic heterocycles. The third-order valence-electron chi connectivity index (χ3n) is 2.09. The van der Waals surface area contributed by atoms with Gasteiger partial charge in [-0.1, -0.05) is 23.2 Å². The molecule has 0 spiro atoms. The molecule has 0 atom stereocenters. The fourth-order valence-electron chi connectivity index (χ4n) is 1.26. The zero-order chi connectivity index (χ0) is 12.4. The Labute approximate surface area is 108 Å². The summed E-state index contributed by atoms with van der Waals surface area (Å²) >= 11 is 11.6. The standard InChI is InChI=1S/C12H8Cl2FNO/c13-9-3-2-8(6-10(9)14)17-12-5-7(15)1-4-11(12)16/h1-6H,16H2. The molecule has 88 valence electrons. The second kappa shape index (κ2) is 4.82. The van der Waals surface area contributed by atoms with Crippen molar-refractivity contribution < 1.29 is 9.13 Å². The highest BCUT2D eigenvalue weighted by Crippen LogP contribution is 2.32. The number of nitrogens with two attached hydrogens (primary N) is 1. The molecule has 0 saturated heterocycles. The molecule has 0 aromatic heterocycles. The maximum Gasteiger partial charge on any atom is 0.153 e. The molecule has 0 fully saturated rings. The SMILES string of the molecule is Nc1ccc(F)cc1Oc1ccc(Cl)c(Cl)c1. The lowest BCUT2D eigenvalue weighted by Gasteiger charge is -2.09. The molecular formula is C12H8Cl2FNO. The Bertz CT molecular complexity index is 560. The van der Waals surface area contributed by atoms with Crippen LogP contribution in [-0.2, 0) is 0 Å². The first-order valence-electron chi connectivity index (χ1n) is 4.74. The van der Waals surface area contributed by atoms with E-state index in [2.05, 4.69) is 0 Å². The quantitative estimate of drug-likeness (QED) is 0.816. The summed E-state index contributed by atoms with van der Waals surface area (Å²) in [5, 5.41) is 0.783. The van der Waals surface area contributed by atoms with E-state index in [1.165, 1.54) is 24.3 Å². The summed E-state index contributed by atoms with van der Waals surface area (Å²) in [6, 6.07) is 8.65. The Kier molecular flexibility index (Phi) is 3.41. The minimum Gasteiger partial charge on any atom is -0.455 e. The lowest BCUT2D eigenvalue weighted by atomic mass is 10.3. The molecule has 0 unspecified atom stereocenters. The molecule has 5 heteroatoms. The van der Waals surface area contributed by atoms with Gasteiger partial charge in [-0.3, -0.25) is 0 Å². The normalized spacial score (nSPS) is 10.3. The molecule has 0 aliphatic rings. The van der Waals surface area contributed by atoms with E-state index < -0.39 is 5.82 Å². The van der Waals surface area contributed by atoms with Crippen molar-refractivity contribution in [1.29, 1.82) is 0 Å². The largest absolute Gasteiger partial charge is 0.455 e. The molecule has 0 radical (unpaired) electrons. The second-order valence-corrected chi connectivity index (χ2v) is 4.17. The van der Waals surface area contributed by atoms with E-state index in [0.717, 1.165) is 0 Å². The van der Waals surface area contributed by atoms with E-state index in [1.807, 2.05) is 0 Å². The predicted molar refractivity (Wildman–Crippen MR) is 67.3 cm³/mol. The topological polar surface area (TPSA) is 35.2 Å². The van der Waals surface area contributed by atoms with Crippen molar-refractivity contribution >= 4 is 28.9 Å². The van der Waals surface area contributed by atoms with Gasteiger partial charge in [-0.25, -0.2) is 4.39 Å². The Hall–Kier alpha value is -1.45. The van der Waals surface area contributed by atoms with Crippen LogP contribution >= 0.6 is 23.2 Å². The van der Waals surface area contributed by atoms with Gasteiger partial charge in [0.15, 0.2) is 5.75 Å². The van der Waals surface area contributed by atoms with Crippen LogP contribution in [0, 0.1) is 5.82 Å². The van der Waals surface area contributed by atoms with Crippen LogP contribution in [0.25, 0.3) is 0 Å². The summed E-state index contributed by atoms with van der Waals surface area (Å²) in [6.07, 6.45) is 0. The zero-order valence-electron chi connectivity index (χ0n) is 8.58. The third-order valence-corrected chi connectivity index (χ3v) is 2.83. The van der Waals surface area contributed by atoms with Crippen molar-refractivity contribution in [1.82, 2.24) is 0 Å². The fraction of sp³-hybridized carbons (Fsp3) is 0. The van der Waals surface area contributed by atoms with Gasteiger partial charge in [0, 0.05) is 12.1 Å². The number of anilines is 1. The van der Waals surface area contributed by atoms with Crippen molar-refractivity contribution in [2.24, 2.45) is 0 Å². The summed E-state index contributed by atoms with van der Waals surface area (Å²) in [5.74, 6) is 0.259. The van der Waals surface area contributed by atoms with Gasteiger partial charge in [-0.05, 0) is 24.3 Å². The van der Waals surface area contributed by atoms with Crippen LogP contribution in [0.3, 0.4) is 0 Å². The molecule has 0 saturated carbocycles. The average molecular weight is 272 g/mol. The summed E-state index contributed by atoms with van der Waals surface area (Å²) in [7, 11) is 0. The molecule has 2 aromatic carbocycles. The molecule has 0 bridgehead atoms. The van der Waals surface area contributed by atoms with Crippen molar-refractivity contribution in [2.75, 3.05) is 5.73 Å².